The van der Waals surface area contributed by atoms with Gasteiger partial charge in [-0.2, -0.15) is 18.3 Å². The first-order valence-electron chi connectivity index (χ1n) is 10.0. The van der Waals surface area contributed by atoms with Crippen LogP contribution in [-0.2, 0) is 6.18 Å². The van der Waals surface area contributed by atoms with E-state index in [1.165, 1.54) is 17.0 Å². The zero-order chi connectivity index (χ0) is 24.9. The van der Waals surface area contributed by atoms with Gasteiger partial charge >= 0.3 is 6.18 Å². The minimum Gasteiger partial charge on any atom is -0.382 e. The van der Waals surface area contributed by atoms with Gasteiger partial charge in [0.1, 0.15) is 29.2 Å². The predicted octanol–water partition coefficient (Wildman–Crippen LogP) is 3.80. The minimum absolute atomic E-state index is 0.0823. The molecule has 1 aromatic carbocycles. The lowest BCUT2D eigenvalue weighted by Gasteiger charge is -2.08. The molecule has 178 valence electrons. The van der Waals surface area contributed by atoms with Crippen molar-refractivity contribution in [2.24, 2.45) is 0 Å². The van der Waals surface area contributed by atoms with E-state index >= 15 is 0 Å². The second-order valence-corrected chi connectivity index (χ2v) is 7.59. The van der Waals surface area contributed by atoms with Crippen LogP contribution in [0.2, 0.25) is 0 Å². The Labute approximate surface area is 193 Å². The Morgan fingerprint density at radius 1 is 1.03 bits per heavy atom. The molecule has 0 fully saturated rings. The molecule has 0 amide bonds. The van der Waals surface area contributed by atoms with Crippen LogP contribution in [0.3, 0.4) is 0 Å². The van der Waals surface area contributed by atoms with Crippen molar-refractivity contribution in [3.8, 4) is 16.8 Å². The van der Waals surface area contributed by atoms with Crippen LogP contribution in [-0.4, -0.2) is 39.6 Å². The van der Waals surface area contributed by atoms with Gasteiger partial charge in [0, 0.05) is 35.5 Å². The van der Waals surface area contributed by atoms with E-state index in [0.29, 0.717) is 22.5 Å². The molecule has 0 unspecified atom stereocenters. The molecule has 0 aliphatic carbocycles. The first kappa shape index (κ1) is 22.3. The summed E-state index contributed by atoms with van der Waals surface area (Å²) in [5.41, 5.74) is 7.87. The summed E-state index contributed by atoms with van der Waals surface area (Å²) in [7, 11) is 0. The van der Waals surface area contributed by atoms with Gasteiger partial charge in [-0.15, -0.1) is 5.10 Å². The van der Waals surface area contributed by atoms with Gasteiger partial charge in [0.05, 0.1) is 17.6 Å². The molecule has 5 rings (SSSR count). The monoisotopic (exact) mass is 487 g/mol. The molecule has 0 spiro atoms. The third-order valence-electron chi connectivity index (χ3n) is 5.38. The van der Waals surface area contributed by atoms with Gasteiger partial charge in [-0.3, -0.25) is 0 Å². The fourth-order valence-corrected chi connectivity index (χ4v) is 3.64. The summed E-state index contributed by atoms with van der Waals surface area (Å²) in [4.78, 5) is 10.8. The first-order chi connectivity index (χ1) is 16.6. The number of nitrogen functional groups attached to an aromatic ring is 1. The van der Waals surface area contributed by atoms with E-state index in [0.717, 1.165) is 35.3 Å². The van der Waals surface area contributed by atoms with E-state index < -0.39 is 29.6 Å². The number of nitrogens with two attached hydrogens (primary N) is 1. The zero-order valence-electron chi connectivity index (χ0n) is 17.7. The van der Waals surface area contributed by atoms with E-state index in [9.17, 15) is 22.0 Å². The number of anilines is 1. The molecule has 4 heterocycles. The second-order valence-electron chi connectivity index (χ2n) is 7.59. The average Bonchev–Trinajstić information content (AvgIpc) is 3.46. The molecule has 0 bridgehead atoms. The lowest BCUT2D eigenvalue weighted by Crippen LogP contribution is -2.10. The highest BCUT2D eigenvalue weighted by molar-refractivity contribution is 5.88. The number of fused-ring (bicyclic) bond motifs is 1. The molecular weight excluding hydrogens is 473 g/mol. The van der Waals surface area contributed by atoms with Crippen molar-refractivity contribution in [1.82, 2.24) is 39.6 Å². The smallest absolute Gasteiger partial charge is 0.382 e. The number of hydrogen-bond donors (Lipinski definition) is 1. The largest absolute Gasteiger partial charge is 0.451 e. The van der Waals surface area contributed by atoms with Gasteiger partial charge in [-0.25, -0.2) is 32.9 Å². The molecule has 0 saturated heterocycles. The number of rotatable bonds is 4. The fraction of sp³-hybridized carbons (Fsp3) is 0.143. The van der Waals surface area contributed by atoms with E-state index in [2.05, 4.69) is 30.4 Å². The Hall–Kier alpha value is -4.49. The maximum Gasteiger partial charge on any atom is 0.451 e. The number of halogens is 5. The number of alkyl halides is 3. The Morgan fingerprint density at radius 2 is 1.77 bits per heavy atom. The molecule has 0 aliphatic rings. The van der Waals surface area contributed by atoms with Crippen molar-refractivity contribution in [2.45, 2.75) is 19.0 Å². The molecule has 1 atom stereocenters. The van der Waals surface area contributed by atoms with Crippen molar-refractivity contribution in [2.75, 3.05) is 5.73 Å². The van der Waals surface area contributed by atoms with Crippen LogP contribution in [0, 0.1) is 11.6 Å². The SMILES string of the molecule is C[C@H](c1cn(-c2cc(F)ccc2F)nn1)c1cc(-c2cnc(C(F)(F)F)nc2)c2c(N)ncnn12. The van der Waals surface area contributed by atoms with E-state index in [1.54, 1.807) is 13.0 Å². The quantitative estimate of drug-likeness (QED) is 0.384. The molecule has 0 radical (unpaired) electrons. The average molecular weight is 487 g/mol. The Morgan fingerprint density at radius 3 is 2.49 bits per heavy atom. The molecule has 2 N–H and O–H groups in total. The van der Waals surface area contributed by atoms with Crippen LogP contribution >= 0.6 is 0 Å². The Kier molecular flexibility index (Phi) is 5.15. The molecule has 0 saturated carbocycles. The highest BCUT2D eigenvalue weighted by atomic mass is 19.4. The molecule has 0 aliphatic heterocycles. The molecule has 9 nitrogen and oxygen atoms in total. The zero-order valence-corrected chi connectivity index (χ0v) is 17.7. The minimum atomic E-state index is -4.68. The summed E-state index contributed by atoms with van der Waals surface area (Å²) >= 11 is 0. The lowest BCUT2D eigenvalue weighted by molar-refractivity contribution is -0.144. The van der Waals surface area contributed by atoms with Crippen LogP contribution in [0.25, 0.3) is 22.3 Å². The molecular formula is C21H14F5N9. The summed E-state index contributed by atoms with van der Waals surface area (Å²) < 4.78 is 69.0. The van der Waals surface area contributed by atoms with E-state index in [4.69, 9.17) is 5.73 Å². The second kappa shape index (κ2) is 8.07. The van der Waals surface area contributed by atoms with Gasteiger partial charge in [-0.1, -0.05) is 12.1 Å². The Balaban J connectivity index is 1.59. The molecule has 14 heteroatoms. The van der Waals surface area contributed by atoms with Gasteiger partial charge in [-0.05, 0) is 18.2 Å². The number of nitrogens with zero attached hydrogens (tertiary/aromatic N) is 8. The highest BCUT2D eigenvalue weighted by Gasteiger charge is 2.34. The fourth-order valence-electron chi connectivity index (χ4n) is 3.64. The van der Waals surface area contributed by atoms with Crippen molar-refractivity contribution in [3.63, 3.8) is 0 Å². The van der Waals surface area contributed by atoms with Crippen LogP contribution in [0.5, 0.6) is 0 Å². The molecule has 5 aromatic rings. The summed E-state index contributed by atoms with van der Waals surface area (Å²) in [6.45, 7) is 1.77. The van der Waals surface area contributed by atoms with Crippen LogP contribution < -0.4 is 5.73 Å². The van der Waals surface area contributed by atoms with Crippen molar-refractivity contribution in [3.05, 3.63) is 78.0 Å². The number of benzene rings is 1. The van der Waals surface area contributed by atoms with E-state index in [-0.39, 0.29) is 17.1 Å². The maximum atomic E-state index is 14.2. The maximum absolute atomic E-state index is 14.2. The Bertz CT molecular complexity index is 1540. The van der Waals surface area contributed by atoms with Crippen molar-refractivity contribution >= 4 is 11.3 Å². The van der Waals surface area contributed by atoms with Crippen molar-refractivity contribution in [1.29, 1.82) is 0 Å². The summed E-state index contributed by atoms with van der Waals surface area (Å²) in [5, 5.41) is 12.2. The standard InChI is InChI=1S/C21H14F5N9/c1-10(15-8-34(33-32-15)17-4-12(22)2-3-14(17)23)16-5-13(18-19(27)30-9-31-35(16)18)11-6-28-20(29-7-11)21(24,25)26/h2-10H,1H3,(H2,27,30,31)/t10-/m1/s1. The normalized spacial score (nSPS) is 12.9. The topological polar surface area (TPSA) is 113 Å². The van der Waals surface area contributed by atoms with Crippen LogP contribution in [0.15, 0.2) is 49.2 Å². The summed E-state index contributed by atoms with van der Waals surface area (Å²) in [6, 6.07) is 4.61. The first-order valence-corrected chi connectivity index (χ1v) is 10.0. The summed E-state index contributed by atoms with van der Waals surface area (Å²) in [5.74, 6) is -3.01. The summed E-state index contributed by atoms with van der Waals surface area (Å²) in [6.07, 6.45) is 0.0537. The van der Waals surface area contributed by atoms with Crippen LogP contribution in [0.4, 0.5) is 27.8 Å². The van der Waals surface area contributed by atoms with Gasteiger partial charge < -0.3 is 5.73 Å². The predicted molar refractivity (Wildman–Crippen MR) is 112 cm³/mol. The number of aromatic nitrogens is 8. The number of hydrogen-bond acceptors (Lipinski definition) is 7. The van der Waals surface area contributed by atoms with Crippen LogP contribution in [0.1, 0.15) is 30.1 Å². The highest BCUT2D eigenvalue weighted by Crippen LogP contribution is 2.35. The lowest BCUT2D eigenvalue weighted by atomic mass is 10.0. The molecule has 4 aromatic heterocycles. The molecule has 35 heavy (non-hydrogen) atoms. The van der Waals surface area contributed by atoms with Gasteiger partial charge in [0.2, 0.25) is 5.82 Å². The van der Waals surface area contributed by atoms with E-state index in [1.807, 2.05) is 0 Å². The van der Waals surface area contributed by atoms with Gasteiger partial charge in [0.15, 0.2) is 5.82 Å². The van der Waals surface area contributed by atoms with Gasteiger partial charge in [0.25, 0.3) is 0 Å². The third-order valence-corrected chi connectivity index (χ3v) is 5.38. The van der Waals surface area contributed by atoms with Crippen molar-refractivity contribution < 1.29 is 22.0 Å². The third kappa shape index (κ3) is 3.92.